The molecule has 25 heavy (non-hydrogen) atoms. The second-order valence-corrected chi connectivity index (χ2v) is 6.03. The molecule has 134 valence electrons. The van der Waals surface area contributed by atoms with Gasteiger partial charge in [0.1, 0.15) is 5.75 Å². The van der Waals surface area contributed by atoms with Crippen molar-refractivity contribution in [2.24, 2.45) is 0 Å². The summed E-state index contributed by atoms with van der Waals surface area (Å²) in [6, 6.07) is 10.6. The van der Waals surface area contributed by atoms with Crippen LogP contribution in [0.1, 0.15) is 6.92 Å². The Hall–Kier alpha value is -2.41. The standard InChI is InChI=1S/C18H20BrNO5/c1-11(25-14-7-5-12(19)6-8-14)18(21)20-13-9-15(22-2)17(24-4)16(10-13)23-3/h5-11H,1-4H3,(H,20,21). The van der Waals surface area contributed by atoms with Crippen molar-refractivity contribution in [2.45, 2.75) is 13.0 Å². The SMILES string of the molecule is COc1cc(NC(=O)C(C)Oc2ccc(Br)cc2)cc(OC)c1OC. The number of nitrogens with one attached hydrogen (secondary N) is 1. The molecule has 0 spiro atoms. The van der Waals surface area contributed by atoms with Crippen molar-refractivity contribution in [3.8, 4) is 23.0 Å². The van der Waals surface area contributed by atoms with Crippen molar-refractivity contribution in [2.75, 3.05) is 26.6 Å². The minimum absolute atomic E-state index is 0.294. The van der Waals surface area contributed by atoms with Gasteiger partial charge in [0.05, 0.1) is 21.3 Å². The second kappa shape index (κ2) is 8.62. The summed E-state index contributed by atoms with van der Waals surface area (Å²) in [6.45, 7) is 1.68. The highest BCUT2D eigenvalue weighted by molar-refractivity contribution is 9.10. The largest absolute Gasteiger partial charge is 0.493 e. The maximum atomic E-state index is 12.4. The minimum atomic E-state index is -0.680. The molecule has 2 aromatic carbocycles. The molecule has 0 radical (unpaired) electrons. The van der Waals surface area contributed by atoms with Crippen molar-refractivity contribution in [3.63, 3.8) is 0 Å². The highest BCUT2D eigenvalue weighted by Crippen LogP contribution is 2.39. The van der Waals surface area contributed by atoms with Crippen molar-refractivity contribution >= 4 is 27.5 Å². The van der Waals surface area contributed by atoms with Crippen LogP contribution in [0, 0.1) is 0 Å². The monoisotopic (exact) mass is 409 g/mol. The number of carbonyl (C=O) groups excluding carboxylic acids is 1. The first-order valence-corrected chi connectivity index (χ1v) is 8.31. The van der Waals surface area contributed by atoms with E-state index in [4.69, 9.17) is 18.9 Å². The van der Waals surface area contributed by atoms with Crippen molar-refractivity contribution in [1.82, 2.24) is 0 Å². The predicted molar refractivity (Wildman–Crippen MR) is 99.0 cm³/mol. The van der Waals surface area contributed by atoms with E-state index in [-0.39, 0.29) is 5.91 Å². The number of hydrogen-bond donors (Lipinski definition) is 1. The summed E-state index contributed by atoms with van der Waals surface area (Å²) < 4.78 is 22.4. The van der Waals surface area contributed by atoms with Gasteiger partial charge in [0.25, 0.3) is 5.91 Å². The van der Waals surface area contributed by atoms with Crippen LogP contribution < -0.4 is 24.3 Å². The predicted octanol–water partition coefficient (Wildman–Crippen LogP) is 3.88. The van der Waals surface area contributed by atoms with Gasteiger partial charge in [-0.25, -0.2) is 0 Å². The van der Waals surface area contributed by atoms with E-state index in [1.165, 1.54) is 21.3 Å². The quantitative estimate of drug-likeness (QED) is 0.751. The molecule has 0 saturated carbocycles. The summed E-state index contributed by atoms with van der Waals surface area (Å²) in [7, 11) is 4.55. The van der Waals surface area contributed by atoms with Gasteiger partial charge in [-0.15, -0.1) is 0 Å². The average Bonchev–Trinajstić information content (AvgIpc) is 2.62. The zero-order chi connectivity index (χ0) is 18.4. The molecule has 1 N–H and O–H groups in total. The number of halogens is 1. The van der Waals surface area contributed by atoms with Gasteiger partial charge in [-0.2, -0.15) is 0 Å². The van der Waals surface area contributed by atoms with E-state index in [2.05, 4.69) is 21.2 Å². The van der Waals surface area contributed by atoms with Gasteiger partial charge < -0.3 is 24.3 Å². The zero-order valence-corrected chi connectivity index (χ0v) is 16.0. The molecule has 1 atom stereocenters. The maximum absolute atomic E-state index is 12.4. The summed E-state index contributed by atoms with van der Waals surface area (Å²) >= 11 is 3.35. The van der Waals surface area contributed by atoms with Crippen molar-refractivity contribution in [3.05, 3.63) is 40.9 Å². The Morgan fingerprint density at radius 3 is 2.04 bits per heavy atom. The van der Waals surface area contributed by atoms with Crippen LogP contribution in [0.2, 0.25) is 0 Å². The third-order valence-electron chi connectivity index (χ3n) is 3.43. The lowest BCUT2D eigenvalue weighted by atomic mass is 10.2. The molecule has 1 unspecified atom stereocenters. The molecule has 2 rings (SSSR count). The van der Waals surface area contributed by atoms with Gasteiger partial charge in [0, 0.05) is 22.3 Å². The lowest BCUT2D eigenvalue weighted by molar-refractivity contribution is -0.122. The summed E-state index contributed by atoms with van der Waals surface area (Å²) in [6.07, 6.45) is -0.680. The van der Waals surface area contributed by atoms with Crippen LogP contribution in [0.4, 0.5) is 5.69 Å². The molecular weight excluding hydrogens is 390 g/mol. The first-order chi connectivity index (χ1) is 12.0. The van der Waals surface area contributed by atoms with E-state index in [1.807, 2.05) is 12.1 Å². The molecule has 6 nitrogen and oxygen atoms in total. The Kier molecular flexibility index (Phi) is 6.52. The van der Waals surface area contributed by atoms with Gasteiger partial charge in [-0.3, -0.25) is 4.79 Å². The average molecular weight is 410 g/mol. The van der Waals surface area contributed by atoms with Crippen molar-refractivity contribution < 1.29 is 23.7 Å². The molecular formula is C18H20BrNO5. The molecule has 0 aliphatic heterocycles. The third kappa shape index (κ3) is 4.79. The lowest BCUT2D eigenvalue weighted by Gasteiger charge is -2.17. The van der Waals surface area contributed by atoms with Crippen LogP contribution >= 0.6 is 15.9 Å². The number of amides is 1. The Labute approximate surface area is 155 Å². The van der Waals surface area contributed by atoms with E-state index < -0.39 is 6.10 Å². The lowest BCUT2D eigenvalue weighted by Crippen LogP contribution is -2.30. The van der Waals surface area contributed by atoms with Crippen LogP contribution in [-0.2, 0) is 4.79 Å². The smallest absolute Gasteiger partial charge is 0.265 e. The van der Waals surface area contributed by atoms with Crippen LogP contribution in [0.5, 0.6) is 23.0 Å². The van der Waals surface area contributed by atoms with E-state index in [0.717, 1.165) is 4.47 Å². The normalized spacial score (nSPS) is 11.4. The molecule has 0 heterocycles. The molecule has 1 amide bonds. The van der Waals surface area contributed by atoms with Gasteiger partial charge in [0.2, 0.25) is 5.75 Å². The highest BCUT2D eigenvalue weighted by Gasteiger charge is 2.18. The van der Waals surface area contributed by atoms with Crippen LogP contribution in [0.25, 0.3) is 0 Å². The summed E-state index contributed by atoms with van der Waals surface area (Å²) in [5.74, 6) is 1.69. The van der Waals surface area contributed by atoms with E-state index >= 15 is 0 Å². The van der Waals surface area contributed by atoms with Gasteiger partial charge >= 0.3 is 0 Å². The van der Waals surface area contributed by atoms with E-state index in [1.54, 1.807) is 31.2 Å². The topological polar surface area (TPSA) is 66.0 Å². The number of hydrogen-bond acceptors (Lipinski definition) is 5. The van der Waals surface area contributed by atoms with Gasteiger partial charge in [-0.05, 0) is 31.2 Å². The molecule has 0 aromatic heterocycles. The summed E-state index contributed by atoms with van der Waals surface area (Å²) in [5.41, 5.74) is 0.519. The van der Waals surface area contributed by atoms with E-state index in [9.17, 15) is 4.79 Å². The van der Waals surface area contributed by atoms with Crippen molar-refractivity contribution in [1.29, 1.82) is 0 Å². The Balaban J connectivity index is 2.12. The van der Waals surface area contributed by atoms with Crippen LogP contribution in [-0.4, -0.2) is 33.3 Å². The fraction of sp³-hybridized carbons (Fsp3) is 0.278. The number of rotatable bonds is 7. The Morgan fingerprint density at radius 1 is 1.00 bits per heavy atom. The fourth-order valence-electron chi connectivity index (χ4n) is 2.17. The summed E-state index contributed by atoms with van der Waals surface area (Å²) in [5, 5.41) is 2.79. The Bertz CT molecular complexity index is 708. The van der Waals surface area contributed by atoms with Crippen LogP contribution in [0.3, 0.4) is 0 Å². The first-order valence-electron chi connectivity index (χ1n) is 7.51. The molecule has 2 aromatic rings. The van der Waals surface area contributed by atoms with Gasteiger partial charge in [0.15, 0.2) is 17.6 Å². The third-order valence-corrected chi connectivity index (χ3v) is 3.96. The zero-order valence-electron chi connectivity index (χ0n) is 14.5. The molecule has 0 fully saturated rings. The van der Waals surface area contributed by atoms with E-state index in [0.29, 0.717) is 28.7 Å². The fourth-order valence-corrected chi connectivity index (χ4v) is 2.43. The Morgan fingerprint density at radius 2 is 1.56 bits per heavy atom. The maximum Gasteiger partial charge on any atom is 0.265 e. The number of methoxy groups -OCH3 is 3. The number of anilines is 1. The highest BCUT2D eigenvalue weighted by atomic mass is 79.9. The summed E-state index contributed by atoms with van der Waals surface area (Å²) in [4.78, 5) is 12.4. The van der Waals surface area contributed by atoms with Gasteiger partial charge in [-0.1, -0.05) is 15.9 Å². The molecule has 0 saturated heterocycles. The number of benzene rings is 2. The van der Waals surface area contributed by atoms with Crippen LogP contribution in [0.15, 0.2) is 40.9 Å². The molecule has 7 heteroatoms. The molecule has 0 aliphatic carbocycles. The molecule has 0 aliphatic rings. The first kappa shape index (κ1) is 18.9. The number of ether oxygens (including phenoxy) is 4. The molecule has 0 bridgehead atoms. The minimum Gasteiger partial charge on any atom is -0.493 e. The second-order valence-electron chi connectivity index (χ2n) is 5.12. The number of carbonyl (C=O) groups is 1.